The number of unbranched alkanes of at least 4 members (excludes halogenated alkanes) is 2. The lowest BCUT2D eigenvalue weighted by Crippen LogP contribution is -2.42. The molecular formula is C14H26O4S. The second-order valence-corrected chi connectivity index (χ2v) is 7.39. The molecule has 0 saturated carbocycles. The highest BCUT2D eigenvalue weighted by atomic mass is 32.2. The molecule has 2 unspecified atom stereocenters. The van der Waals surface area contributed by atoms with Crippen molar-refractivity contribution in [3.8, 4) is 0 Å². The van der Waals surface area contributed by atoms with Gasteiger partial charge in [0.15, 0.2) is 0 Å². The van der Waals surface area contributed by atoms with Crippen molar-refractivity contribution >= 4 is 23.7 Å². The van der Waals surface area contributed by atoms with Crippen molar-refractivity contribution in [1.29, 1.82) is 0 Å². The first-order chi connectivity index (χ1) is 8.72. The van der Waals surface area contributed by atoms with E-state index in [0.717, 1.165) is 37.4 Å². The van der Waals surface area contributed by atoms with E-state index < -0.39 is 21.4 Å². The van der Waals surface area contributed by atoms with E-state index in [1.54, 1.807) is 13.8 Å². The summed E-state index contributed by atoms with van der Waals surface area (Å²) in [6.07, 6.45) is 4.39. The molecule has 0 saturated heterocycles. The summed E-state index contributed by atoms with van der Waals surface area (Å²) >= 11 is 1.09. The van der Waals surface area contributed by atoms with Gasteiger partial charge in [0.05, 0.1) is 0 Å². The second kappa shape index (κ2) is 7.78. The zero-order valence-corrected chi connectivity index (χ0v) is 13.2. The lowest BCUT2D eigenvalue weighted by molar-refractivity contribution is -0.139. The van der Waals surface area contributed by atoms with Gasteiger partial charge in [0.1, 0.15) is 9.49 Å². The predicted octanol–water partition coefficient (Wildman–Crippen LogP) is 3.79. The number of rotatable bonds is 10. The lowest BCUT2D eigenvalue weighted by atomic mass is 10.0. The molecular weight excluding hydrogens is 264 g/mol. The molecule has 5 heteroatoms. The Bertz CT molecular complexity index is 289. The molecule has 2 atom stereocenters. The summed E-state index contributed by atoms with van der Waals surface area (Å²) < 4.78 is -2.06. The Morgan fingerprint density at radius 1 is 0.895 bits per heavy atom. The molecule has 0 rings (SSSR count). The summed E-state index contributed by atoms with van der Waals surface area (Å²) in [5.74, 6) is -1.84. The van der Waals surface area contributed by atoms with E-state index in [-0.39, 0.29) is 0 Å². The summed E-state index contributed by atoms with van der Waals surface area (Å²) in [6.45, 7) is 7.28. The molecule has 0 aromatic heterocycles. The molecule has 0 amide bonds. The predicted molar refractivity (Wildman–Crippen MR) is 78.7 cm³/mol. The van der Waals surface area contributed by atoms with Gasteiger partial charge in [0, 0.05) is 0 Å². The highest BCUT2D eigenvalue weighted by Crippen LogP contribution is 2.43. The van der Waals surface area contributed by atoms with E-state index in [4.69, 9.17) is 0 Å². The summed E-state index contributed by atoms with van der Waals surface area (Å²) in [5, 5.41) is 18.8. The third-order valence-corrected chi connectivity index (χ3v) is 5.03. The minimum atomic E-state index is -1.03. The fraction of sp³-hybridized carbons (Fsp3) is 0.857. The van der Waals surface area contributed by atoms with Crippen LogP contribution in [0.5, 0.6) is 0 Å². The molecule has 0 aliphatic carbocycles. The van der Waals surface area contributed by atoms with Crippen LogP contribution in [-0.4, -0.2) is 31.6 Å². The monoisotopic (exact) mass is 290 g/mol. The van der Waals surface area contributed by atoms with Crippen LogP contribution in [0.15, 0.2) is 0 Å². The van der Waals surface area contributed by atoms with Crippen molar-refractivity contribution in [3.63, 3.8) is 0 Å². The van der Waals surface area contributed by atoms with Gasteiger partial charge in [-0.15, -0.1) is 11.8 Å². The number of carbonyl (C=O) groups is 2. The van der Waals surface area contributed by atoms with Crippen molar-refractivity contribution in [2.24, 2.45) is 0 Å². The van der Waals surface area contributed by atoms with Crippen LogP contribution < -0.4 is 0 Å². The third kappa shape index (κ3) is 5.43. The van der Waals surface area contributed by atoms with Crippen LogP contribution in [0.4, 0.5) is 0 Å². The molecule has 0 radical (unpaired) electrons. The number of carboxylic acid groups (broad SMARTS) is 2. The highest BCUT2D eigenvalue weighted by molar-refractivity contribution is 8.03. The Hall–Kier alpha value is -0.710. The Balaban J connectivity index is 5.04. The fourth-order valence-corrected chi connectivity index (χ4v) is 3.59. The number of aliphatic carboxylic acids is 2. The summed E-state index contributed by atoms with van der Waals surface area (Å²) in [7, 11) is 0. The van der Waals surface area contributed by atoms with Crippen molar-refractivity contribution in [1.82, 2.24) is 0 Å². The van der Waals surface area contributed by atoms with Gasteiger partial charge in [0.25, 0.3) is 0 Å². The smallest absolute Gasteiger partial charge is 0.319 e. The molecule has 0 fully saturated rings. The largest absolute Gasteiger partial charge is 0.480 e. The Morgan fingerprint density at radius 2 is 1.21 bits per heavy atom. The molecule has 0 aliphatic rings. The normalized spacial score (nSPS) is 17.5. The van der Waals surface area contributed by atoms with Crippen molar-refractivity contribution in [2.45, 2.75) is 75.7 Å². The van der Waals surface area contributed by atoms with Gasteiger partial charge in [-0.05, 0) is 26.7 Å². The summed E-state index contributed by atoms with van der Waals surface area (Å²) in [6, 6.07) is 0. The molecule has 112 valence electrons. The van der Waals surface area contributed by atoms with E-state index in [1.807, 2.05) is 13.8 Å². The molecule has 2 N–H and O–H groups in total. The summed E-state index contributed by atoms with van der Waals surface area (Å²) in [4.78, 5) is 23.0. The Morgan fingerprint density at radius 3 is 1.42 bits per heavy atom. The quantitative estimate of drug-likeness (QED) is 0.640. The zero-order chi connectivity index (χ0) is 15.1. The lowest BCUT2D eigenvalue weighted by Gasteiger charge is -2.34. The average Bonchev–Trinajstić information content (AvgIpc) is 2.33. The van der Waals surface area contributed by atoms with Crippen LogP contribution in [0.2, 0.25) is 0 Å². The molecule has 0 spiro atoms. The molecule has 4 nitrogen and oxygen atoms in total. The molecule has 19 heavy (non-hydrogen) atoms. The van der Waals surface area contributed by atoms with Crippen molar-refractivity contribution in [3.05, 3.63) is 0 Å². The van der Waals surface area contributed by atoms with Crippen LogP contribution in [0.3, 0.4) is 0 Å². The van der Waals surface area contributed by atoms with Gasteiger partial charge < -0.3 is 10.2 Å². The maximum atomic E-state index is 11.5. The number of hydrogen-bond donors (Lipinski definition) is 2. The van der Waals surface area contributed by atoms with Crippen molar-refractivity contribution in [2.75, 3.05) is 0 Å². The first-order valence-corrected chi connectivity index (χ1v) is 7.70. The molecule has 0 aliphatic heterocycles. The first-order valence-electron chi connectivity index (χ1n) is 6.89. The second-order valence-electron chi connectivity index (χ2n) is 5.38. The van der Waals surface area contributed by atoms with Crippen LogP contribution in [-0.2, 0) is 9.59 Å². The van der Waals surface area contributed by atoms with E-state index in [9.17, 15) is 19.8 Å². The van der Waals surface area contributed by atoms with Crippen molar-refractivity contribution < 1.29 is 19.8 Å². The van der Waals surface area contributed by atoms with Gasteiger partial charge in [0.2, 0.25) is 0 Å². The van der Waals surface area contributed by atoms with E-state index >= 15 is 0 Å². The Labute approximate surface area is 120 Å². The van der Waals surface area contributed by atoms with Gasteiger partial charge in [-0.1, -0.05) is 39.5 Å². The highest BCUT2D eigenvalue weighted by Gasteiger charge is 2.44. The van der Waals surface area contributed by atoms with Gasteiger partial charge in [-0.2, -0.15) is 0 Å². The standard InChI is InChI=1S/C14H26O4S/c1-5-7-9-13(3,11(15)16)19-14(4,12(17)18)10-8-6-2/h5-10H2,1-4H3,(H,15,16)(H,17,18). The van der Waals surface area contributed by atoms with E-state index in [0.29, 0.717) is 12.8 Å². The van der Waals surface area contributed by atoms with Crippen LogP contribution >= 0.6 is 11.8 Å². The number of carboxylic acids is 2. The van der Waals surface area contributed by atoms with Gasteiger partial charge in [-0.3, -0.25) is 9.59 Å². The number of thioether (sulfide) groups is 1. The average molecular weight is 290 g/mol. The molecule has 0 bridgehead atoms. The van der Waals surface area contributed by atoms with E-state index in [1.165, 1.54) is 0 Å². The maximum absolute atomic E-state index is 11.5. The van der Waals surface area contributed by atoms with Crippen LogP contribution in [0.25, 0.3) is 0 Å². The maximum Gasteiger partial charge on any atom is 0.319 e. The molecule has 0 aromatic carbocycles. The van der Waals surface area contributed by atoms with Gasteiger partial charge >= 0.3 is 11.9 Å². The van der Waals surface area contributed by atoms with Crippen LogP contribution in [0, 0.1) is 0 Å². The van der Waals surface area contributed by atoms with Crippen LogP contribution in [0.1, 0.15) is 66.2 Å². The fourth-order valence-electron chi connectivity index (χ4n) is 1.93. The van der Waals surface area contributed by atoms with Gasteiger partial charge in [-0.25, -0.2) is 0 Å². The summed E-state index contributed by atoms with van der Waals surface area (Å²) in [5.41, 5.74) is 0. The third-order valence-electron chi connectivity index (χ3n) is 3.37. The Kier molecular flexibility index (Phi) is 7.49. The topological polar surface area (TPSA) is 74.6 Å². The van der Waals surface area contributed by atoms with E-state index in [2.05, 4.69) is 0 Å². The molecule has 0 heterocycles. The minimum Gasteiger partial charge on any atom is -0.480 e. The number of hydrogen-bond acceptors (Lipinski definition) is 3. The zero-order valence-electron chi connectivity index (χ0n) is 12.4. The first kappa shape index (κ1) is 18.3. The minimum absolute atomic E-state index is 0.499. The SMILES string of the molecule is CCCCC(C)(SC(C)(CCCC)C(=O)O)C(=O)O. The molecule has 0 aromatic rings.